The van der Waals surface area contributed by atoms with Crippen LogP contribution in [0.4, 0.5) is 8.78 Å². The van der Waals surface area contributed by atoms with Crippen LogP contribution in [-0.2, 0) is 19.5 Å². The van der Waals surface area contributed by atoms with Gasteiger partial charge in [-0.3, -0.25) is 9.36 Å². The molecule has 1 aliphatic heterocycles. The maximum Gasteiger partial charge on any atom is 0.269 e. The summed E-state index contributed by atoms with van der Waals surface area (Å²) in [5.41, 5.74) is 2.93. The van der Waals surface area contributed by atoms with Crippen molar-refractivity contribution in [3.8, 4) is 0 Å². The first-order valence-corrected chi connectivity index (χ1v) is 13.7. The second-order valence-electron chi connectivity index (χ2n) is 8.98. The van der Waals surface area contributed by atoms with Gasteiger partial charge in [-0.15, -0.1) is 11.3 Å². The SMILES string of the molecule is CCn1c(=Cc2cccc[n+]2Cc2ccc(F)c(F)c2)sc(=C2Sc3ccccc3CCC2C)c1=O. The number of fused-ring (bicyclic) bond motifs is 1. The Morgan fingerprint density at radius 3 is 2.69 bits per heavy atom. The number of benzene rings is 2. The molecule has 1 unspecified atom stereocenters. The van der Waals surface area contributed by atoms with Gasteiger partial charge in [-0.25, -0.2) is 8.78 Å². The van der Waals surface area contributed by atoms with Crippen molar-refractivity contribution in [3.63, 3.8) is 0 Å². The molecule has 1 aliphatic rings. The summed E-state index contributed by atoms with van der Waals surface area (Å²) in [5.74, 6) is -1.42. The van der Waals surface area contributed by atoms with Gasteiger partial charge < -0.3 is 0 Å². The third kappa shape index (κ3) is 4.95. The standard InChI is InChI=1S/C29H27F2N2OS2/c1-3-33-26(17-22-9-6-7-15-32(22)18-20-12-14-23(30)24(31)16-20)36-28(29(33)34)27-19(2)11-13-21-8-4-5-10-25(21)35-27/h4-10,12,14-17,19H,3,11,13,18H2,1-2H3/q+1. The minimum atomic E-state index is -0.856. The summed E-state index contributed by atoms with van der Waals surface area (Å²) >= 11 is 3.26. The third-order valence-corrected chi connectivity index (χ3v) is 9.24. The van der Waals surface area contributed by atoms with Crippen LogP contribution in [0.1, 0.15) is 37.1 Å². The van der Waals surface area contributed by atoms with E-state index in [-0.39, 0.29) is 5.56 Å². The van der Waals surface area contributed by atoms with E-state index >= 15 is 0 Å². The van der Waals surface area contributed by atoms with E-state index < -0.39 is 11.6 Å². The van der Waals surface area contributed by atoms with Crippen molar-refractivity contribution in [2.75, 3.05) is 0 Å². The van der Waals surface area contributed by atoms with Gasteiger partial charge in [0.05, 0.1) is 0 Å². The van der Waals surface area contributed by atoms with E-state index in [2.05, 4.69) is 31.2 Å². The van der Waals surface area contributed by atoms with Crippen LogP contribution in [0, 0.1) is 17.6 Å². The summed E-state index contributed by atoms with van der Waals surface area (Å²) in [5, 5.41) is 0. The average Bonchev–Trinajstić information content (AvgIpc) is 3.08. The molecular formula is C29H27F2N2OS2+. The molecule has 3 nitrogen and oxygen atoms in total. The van der Waals surface area contributed by atoms with Gasteiger partial charge in [0.15, 0.2) is 24.4 Å². The smallest absolute Gasteiger partial charge is 0.269 e. The molecule has 3 heterocycles. The number of thioether (sulfide) groups is 1. The van der Waals surface area contributed by atoms with E-state index in [9.17, 15) is 13.6 Å². The van der Waals surface area contributed by atoms with Crippen LogP contribution in [0.3, 0.4) is 0 Å². The molecule has 0 N–H and O–H groups in total. The second-order valence-corrected chi connectivity index (χ2v) is 11.1. The molecule has 184 valence electrons. The summed E-state index contributed by atoms with van der Waals surface area (Å²) in [7, 11) is 0. The molecular weight excluding hydrogens is 494 g/mol. The van der Waals surface area contributed by atoms with Crippen LogP contribution >= 0.6 is 23.1 Å². The monoisotopic (exact) mass is 521 g/mol. The summed E-state index contributed by atoms with van der Waals surface area (Å²) in [4.78, 5) is 15.9. The van der Waals surface area contributed by atoms with Gasteiger partial charge in [-0.05, 0) is 61.6 Å². The van der Waals surface area contributed by atoms with Gasteiger partial charge in [0.1, 0.15) is 9.20 Å². The van der Waals surface area contributed by atoms with E-state index in [0.29, 0.717) is 24.6 Å². The Hall–Kier alpha value is -3.03. The Labute approximate surface area is 217 Å². The minimum Gasteiger partial charge on any atom is -0.299 e. The van der Waals surface area contributed by atoms with Gasteiger partial charge in [-0.1, -0.05) is 36.9 Å². The highest BCUT2D eigenvalue weighted by Crippen LogP contribution is 2.40. The largest absolute Gasteiger partial charge is 0.299 e. The van der Waals surface area contributed by atoms with E-state index in [4.69, 9.17) is 0 Å². The zero-order valence-electron chi connectivity index (χ0n) is 20.2. The fourth-order valence-electron chi connectivity index (χ4n) is 4.52. The van der Waals surface area contributed by atoms with Gasteiger partial charge in [-0.2, -0.15) is 4.57 Å². The number of thiazole rings is 1. The molecule has 5 rings (SSSR count). The molecule has 7 heteroatoms. The topological polar surface area (TPSA) is 25.9 Å². The highest BCUT2D eigenvalue weighted by atomic mass is 32.2. The van der Waals surface area contributed by atoms with Crippen molar-refractivity contribution < 1.29 is 13.3 Å². The molecule has 0 saturated carbocycles. The lowest BCUT2D eigenvalue weighted by Gasteiger charge is -2.09. The van der Waals surface area contributed by atoms with Crippen molar-refractivity contribution in [1.29, 1.82) is 0 Å². The molecule has 0 saturated heterocycles. The quantitative estimate of drug-likeness (QED) is 0.359. The summed E-state index contributed by atoms with van der Waals surface area (Å²) < 4.78 is 32.6. The lowest BCUT2D eigenvalue weighted by atomic mass is 10.0. The van der Waals surface area contributed by atoms with Crippen LogP contribution in [0.25, 0.3) is 11.0 Å². The van der Waals surface area contributed by atoms with Crippen molar-refractivity contribution in [2.45, 2.75) is 44.7 Å². The predicted molar refractivity (Wildman–Crippen MR) is 142 cm³/mol. The van der Waals surface area contributed by atoms with Crippen LogP contribution < -0.4 is 19.3 Å². The number of nitrogens with zero attached hydrogens (tertiary/aromatic N) is 2. The van der Waals surface area contributed by atoms with Crippen molar-refractivity contribution >= 4 is 34.1 Å². The number of rotatable bonds is 4. The van der Waals surface area contributed by atoms with Crippen molar-refractivity contribution in [3.05, 3.63) is 115 Å². The number of aromatic nitrogens is 2. The maximum atomic E-state index is 13.8. The van der Waals surface area contributed by atoms with E-state index in [1.165, 1.54) is 27.9 Å². The Kier molecular flexibility index (Phi) is 7.21. The molecule has 36 heavy (non-hydrogen) atoms. The molecule has 1 atom stereocenters. The Bertz CT molecular complexity index is 1610. The summed E-state index contributed by atoms with van der Waals surface area (Å²) in [6, 6.07) is 18.2. The lowest BCUT2D eigenvalue weighted by molar-refractivity contribution is -0.690. The van der Waals surface area contributed by atoms with Crippen molar-refractivity contribution in [2.24, 2.45) is 5.92 Å². The molecule has 0 amide bonds. The van der Waals surface area contributed by atoms with Crippen LogP contribution in [0.2, 0.25) is 0 Å². The van der Waals surface area contributed by atoms with Gasteiger partial charge in [0, 0.05) is 40.1 Å². The number of hydrogen-bond donors (Lipinski definition) is 0. The molecule has 2 aromatic heterocycles. The van der Waals surface area contributed by atoms with E-state index in [1.54, 1.807) is 17.8 Å². The molecule has 0 bridgehead atoms. The number of aryl methyl sites for hydroxylation is 1. The minimum absolute atomic E-state index is 0.0468. The fourth-order valence-corrected chi connectivity index (χ4v) is 7.16. The number of hydrogen-bond acceptors (Lipinski definition) is 3. The summed E-state index contributed by atoms with van der Waals surface area (Å²) in [6.07, 6.45) is 5.94. The fraction of sp³-hybridized carbons (Fsp3) is 0.241. The first kappa shape index (κ1) is 24.7. The number of halogens is 2. The third-order valence-electron chi connectivity index (χ3n) is 6.52. The molecule has 0 fully saturated rings. The molecule has 2 aromatic carbocycles. The average molecular weight is 522 g/mol. The molecule has 0 aliphatic carbocycles. The lowest BCUT2D eigenvalue weighted by Crippen LogP contribution is -2.38. The highest BCUT2D eigenvalue weighted by Gasteiger charge is 2.21. The van der Waals surface area contributed by atoms with Crippen molar-refractivity contribution in [1.82, 2.24) is 4.57 Å². The van der Waals surface area contributed by atoms with Gasteiger partial charge >= 0.3 is 0 Å². The van der Waals surface area contributed by atoms with Crippen LogP contribution in [0.15, 0.2) is 76.6 Å². The van der Waals surface area contributed by atoms with Crippen LogP contribution in [0.5, 0.6) is 0 Å². The Morgan fingerprint density at radius 1 is 1.08 bits per heavy atom. The zero-order valence-corrected chi connectivity index (χ0v) is 21.8. The second kappa shape index (κ2) is 10.5. The molecule has 0 radical (unpaired) electrons. The highest BCUT2D eigenvalue weighted by molar-refractivity contribution is 8.08. The van der Waals surface area contributed by atoms with Gasteiger partial charge in [0.2, 0.25) is 5.69 Å². The predicted octanol–water partition coefficient (Wildman–Crippen LogP) is 4.86. The summed E-state index contributed by atoms with van der Waals surface area (Å²) in [6.45, 7) is 5.15. The maximum absolute atomic E-state index is 13.8. The molecule has 0 spiro atoms. The number of pyridine rings is 1. The first-order valence-electron chi connectivity index (χ1n) is 12.1. The van der Waals surface area contributed by atoms with Crippen LogP contribution in [-0.4, -0.2) is 4.57 Å². The first-order chi connectivity index (χ1) is 17.4. The Balaban J connectivity index is 1.62. The van der Waals surface area contributed by atoms with E-state index in [0.717, 1.165) is 38.7 Å². The van der Waals surface area contributed by atoms with E-state index in [1.807, 2.05) is 46.5 Å². The van der Waals surface area contributed by atoms with Gasteiger partial charge in [0.25, 0.3) is 5.56 Å². The normalized spacial score (nSPS) is 17.7. The Morgan fingerprint density at radius 2 is 1.89 bits per heavy atom. The molecule has 4 aromatic rings. The zero-order chi connectivity index (χ0) is 25.2.